The number of benzene rings is 1. The van der Waals surface area contributed by atoms with E-state index in [2.05, 4.69) is 4.98 Å². The van der Waals surface area contributed by atoms with Crippen LogP contribution in [-0.4, -0.2) is 29.8 Å². The number of carbonyl (C=O) groups excluding carboxylic acids is 1. The van der Waals surface area contributed by atoms with Crippen LogP contribution in [0, 0.1) is 17.1 Å². The monoisotopic (exact) mass is 325 g/mol. The van der Waals surface area contributed by atoms with Gasteiger partial charge in [0.05, 0.1) is 5.69 Å². The Morgan fingerprint density at radius 1 is 1.35 bits per heavy atom. The molecule has 2 aromatic rings. The third-order valence-electron chi connectivity index (χ3n) is 3.03. The predicted octanol–water partition coefficient (Wildman–Crippen LogP) is 3.48. The van der Waals surface area contributed by atoms with Crippen LogP contribution < -0.4 is 0 Å². The van der Waals surface area contributed by atoms with Crippen molar-refractivity contribution in [3.05, 3.63) is 47.0 Å². The summed E-state index contributed by atoms with van der Waals surface area (Å²) < 4.78 is 52.5. The minimum atomic E-state index is -4.90. The summed E-state index contributed by atoms with van der Waals surface area (Å²) in [4.78, 5) is 16.2. The summed E-state index contributed by atoms with van der Waals surface area (Å²) >= 11 is 0. The van der Waals surface area contributed by atoms with Gasteiger partial charge in [-0.15, -0.1) is 0 Å². The van der Waals surface area contributed by atoms with Crippen molar-refractivity contribution in [2.45, 2.75) is 6.18 Å². The number of aromatic amines is 1. The predicted molar refractivity (Wildman–Crippen MR) is 75.0 cm³/mol. The number of allylic oxidation sites excluding steroid dienone is 1. The molecular weight excluding hydrogens is 314 g/mol. The number of aromatic nitrogens is 1. The van der Waals surface area contributed by atoms with E-state index >= 15 is 0 Å². The maximum atomic E-state index is 13.5. The molecule has 0 bridgehead atoms. The lowest BCUT2D eigenvalue weighted by molar-refractivity contribution is -0.138. The lowest BCUT2D eigenvalue weighted by Gasteiger charge is -2.08. The van der Waals surface area contributed by atoms with Crippen LogP contribution in [0.25, 0.3) is 10.9 Å². The van der Waals surface area contributed by atoms with Crippen LogP contribution in [0.5, 0.6) is 0 Å². The molecule has 0 fully saturated rings. The van der Waals surface area contributed by atoms with Crippen LogP contribution >= 0.6 is 0 Å². The van der Waals surface area contributed by atoms with Gasteiger partial charge in [-0.3, -0.25) is 4.79 Å². The first-order valence-corrected chi connectivity index (χ1v) is 6.36. The minimum Gasteiger partial charge on any atom is -0.382 e. The molecule has 23 heavy (non-hydrogen) atoms. The molecule has 1 N–H and O–H groups in total. The highest BCUT2D eigenvalue weighted by atomic mass is 19.4. The van der Waals surface area contributed by atoms with Gasteiger partial charge in [-0.25, -0.2) is 4.39 Å². The molecule has 0 amide bonds. The zero-order valence-electron chi connectivity index (χ0n) is 12.1. The highest BCUT2D eigenvalue weighted by Crippen LogP contribution is 2.37. The van der Waals surface area contributed by atoms with Crippen LogP contribution in [-0.2, 0) is 6.18 Å². The number of fused-ring (bicyclic) bond motifs is 1. The topological polar surface area (TPSA) is 59.9 Å². The van der Waals surface area contributed by atoms with Gasteiger partial charge in [0.15, 0.2) is 0 Å². The van der Waals surface area contributed by atoms with Gasteiger partial charge in [0, 0.05) is 31.2 Å². The quantitative estimate of drug-likeness (QED) is 0.407. The van der Waals surface area contributed by atoms with Crippen molar-refractivity contribution in [2.75, 3.05) is 14.1 Å². The molecule has 4 nitrogen and oxygen atoms in total. The molecule has 2 rings (SSSR count). The smallest absolute Gasteiger partial charge is 0.382 e. The molecule has 1 aromatic carbocycles. The average Bonchev–Trinajstić information content (AvgIpc) is 2.85. The zero-order chi connectivity index (χ0) is 17.4. The molecular formula is C15H11F4N3O. The molecule has 120 valence electrons. The SMILES string of the molecule is CN(C)/C=C(/C#N)C(=O)c1cc2c(C(F)(F)F)c(F)ccc2[nH]1. The first kappa shape index (κ1) is 16.5. The second kappa shape index (κ2) is 5.76. The zero-order valence-corrected chi connectivity index (χ0v) is 12.1. The molecule has 0 aliphatic heterocycles. The molecule has 0 unspecified atom stereocenters. The summed E-state index contributed by atoms with van der Waals surface area (Å²) in [6.45, 7) is 0. The van der Waals surface area contributed by atoms with E-state index < -0.39 is 28.7 Å². The van der Waals surface area contributed by atoms with Gasteiger partial charge in [0.1, 0.15) is 23.0 Å². The molecule has 8 heteroatoms. The van der Waals surface area contributed by atoms with Crippen molar-refractivity contribution in [3.63, 3.8) is 0 Å². The number of ketones is 1. The lowest BCUT2D eigenvalue weighted by atomic mass is 10.1. The number of Topliss-reactive ketones (excluding diaryl/α,β-unsaturated/α-hetero) is 1. The Morgan fingerprint density at radius 3 is 2.52 bits per heavy atom. The van der Waals surface area contributed by atoms with E-state index in [1.165, 1.54) is 11.1 Å². The van der Waals surface area contributed by atoms with Crippen molar-refractivity contribution in [2.24, 2.45) is 0 Å². The third kappa shape index (κ3) is 3.18. The van der Waals surface area contributed by atoms with Crippen molar-refractivity contribution in [3.8, 4) is 6.07 Å². The number of halogens is 4. The molecule has 0 radical (unpaired) electrons. The Bertz CT molecular complexity index is 841. The number of rotatable bonds is 3. The standard InChI is InChI=1S/C15H11F4N3O/c1-22(2)7-8(6-20)14(23)12-5-9-11(21-12)4-3-10(16)13(9)15(17,18)19/h3-5,7,21H,1-2H3/b8-7-. The fraction of sp³-hybridized carbons (Fsp3) is 0.200. The number of nitrogens with zero attached hydrogens (tertiary/aromatic N) is 2. The number of carbonyl (C=O) groups is 1. The van der Waals surface area contributed by atoms with E-state index in [4.69, 9.17) is 5.26 Å². The van der Waals surface area contributed by atoms with Crippen molar-refractivity contribution in [1.82, 2.24) is 9.88 Å². The van der Waals surface area contributed by atoms with Crippen molar-refractivity contribution in [1.29, 1.82) is 5.26 Å². The fourth-order valence-corrected chi connectivity index (χ4v) is 2.13. The Morgan fingerprint density at radius 2 is 2.00 bits per heavy atom. The number of H-pyrrole nitrogens is 1. The molecule has 1 heterocycles. The van der Waals surface area contributed by atoms with Gasteiger partial charge < -0.3 is 9.88 Å². The number of hydrogen-bond acceptors (Lipinski definition) is 3. The Labute approximate surface area is 128 Å². The number of alkyl halides is 3. The van der Waals surface area contributed by atoms with E-state index in [9.17, 15) is 22.4 Å². The van der Waals surface area contributed by atoms with Crippen molar-refractivity contribution < 1.29 is 22.4 Å². The number of hydrogen-bond donors (Lipinski definition) is 1. The number of nitriles is 1. The molecule has 0 saturated heterocycles. The van der Waals surface area contributed by atoms with E-state index in [1.54, 1.807) is 20.2 Å². The van der Waals surface area contributed by atoms with Crippen LogP contribution in [0.3, 0.4) is 0 Å². The molecule has 0 saturated carbocycles. The summed E-state index contributed by atoms with van der Waals surface area (Å²) in [6, 6.07) is 4.38. The van der Waals surface area contributed by atoms with E-state index in [0.29, 0.717) is 6.07 Å². The van der Waals surface area contributed by atoms with Gasteiger partial charge >= 0.3 is 6.18 Å². The van der Waals surface area contributed by atoms with Gasteiger partial charge in [0.25, 0.3) is 0 Å². The van der Waals surface area contributed by atoms with Crippen LogP contribution in [0.1, 0.15) is 16.1 Å². The van der Waals surface area contributed by atoms with Gasteiger partial charge in [-0.1, -0.05) is 0 Å². The van der Waals surface area contributed by atoms with Gasteiger partial charge in [0.2, 0.25) is 5.78 Å². The third-order valence-corrected chi connectivity index (χ3v) is 3.03. The summed E-state index contributed by atoms with van der Waals surface area (Å²) in [5, 5.41) is 8.53. The maximum Gasteiger partial charge on any atom is 0.419 e. The van der Waals surface area contributed by atoms with Gasteiger partial charge in [-0.05, 0) is 18.2 Å². The van der Waals surface area contributed by atoms with E-state index in [1.807, 2.05) is 0 Å². The molecule has 0 aliphatic rings. The fourth-order valence-electron chi connectivity index (χ4n) is 2.13. The summed E-state index contributed by atoms with van der Waals surface area (Å²) in [5.41, 5.74) is -1.95. The highest BCUT2D eigenvalue weighted by Gasteiger charge is 2.36. The first-order chi connectivity index (χ1) is 10.6. The lowest BCUT2D eigenvalue weighted by Crippen LogP contribution is -2.09. The van der Waals surface area contributed by atoms with Crippen LogP contribution in [0.15, 0.2) is 30.0 Å². The van der Waals surface area contributed by atoms with Crippen molar-refractivity contribution >= 4 is 16.7 Å². The molecule has 0 spiro atoms. The Hall–Kier alpha value is -2.82. The first-order valence-electron chi connectivity index (χ1n) is 6.36. The van der Waals surface area contributed by atoms with Crippen LogP contribution in [0.2, 0.25) is 0 Å². The van der Waals surface area contributed by atoms with Gasteiger partial charge in [-0.2, -0.15) is 18.4 Å². The normalized spacial score (nSPS) is 12.3. The summed E-state index contributed by atoms with van der Waals surface area (Å²) in [6.07, 6.45) is -3.65. The van der Waals surface area contributed by atoms with Crippen LogP contribution in [0.4, 0.5) is 17.6 Å². The largest absolute Gasteiger partial charge is 0.419 e. The van der Waals surface area contributed by atoms with E-state index in [0.717, 1.165) is 12.1 Å². The molecule has 1 aromatic heterocycles. The van der Waals surface area contributed by atoms with E-state index in [-0.39, 0.29) is 16.8 Å². The second-order valence-corrected chi connectivity index (χ2v) is 5.01. The summed E-state index contributed by atoms with van der Waals surface area (Å²) in [5.74, 6) is -2.20. The number of nitrogens with one attached hydrogen (secondary N) is 1. The Balaban J connectivity index is 2.62. The highest BCUT2D eigenvalue weighted by molar-refractivity contribution is 6.12. The average molecular weight is 325 g/mol. The summed E-state index contributed by atoms with van der Waals surface area (Å²) in [7, 11) is 3.18. The minimum absolute atomic E-state index is 0.0378. The maximum absolute atomic E-state index is 13.5. The molecule has 0 aliphatic carbocycles. The molecule has 0 atom stereocenters. The Kier molecular flexibility index (Phi) is 4.14. The second-order valence-electron chi connectivity index (χ2n) is 5.01.